The predicted octanol–water partition coefficient (Wildman–Crippen LogP) is 0.870. The normalized spacial score (nSPS) is 18.4. The molecule has 168 valence electrons. The number of aryl methyl sites for hydroxylation is 1. The van der Waals surface area contributed by atoms with E-state index < -0.39 is 10.0 Å². The average Bonchev–Trinajstić information content (AvgIpc) is 3.26. The number of benzene rings is 1. The van der Waals surface area contributed by atoms with Crippen LogP contribution in [0.4, 0.5) is 5.69 Å². The minimum absolute atomic E-state index is 0.0260. The monoisotopic (exact) mass is 447 g/mol. The van der Waals surface area contributed by atoms with E-state index in [1.165, 1.54) is 33.6 Å². The second-order valence-corrected chi connectivity index (χ2v) is 9.87. The van der Waals surface area contributed by atoms with Crippen molar-refractivity contribution in [3.05, 3.63) is 41.9 Å². The van der Waals surface area contributed by atoms with Crippen LogP contribution in [-0.4, -0.2) is 85.6 Å². The molecule has 2 aliphatic heterocycles. The SMILES string of the molecule is Cc1cccc(N2CCN(C(=O)Cn3cnc(S(=O)(=O)N4CCOCC4)c3)CC2)c1C. The lowest BCUT2D eigenvalue weighted by atomic mass is 10.1. The van der Waals surface area contributed by atoms with E-state index >= 15 is 0 Å². The van der Waals surface area contributed by atoms with Crippen molar-refractivity contribution >= 4 is 21.6 Å². The van der Waals surface area contributed by atoms with Crippen LogP contribution in [0.3, 0.4) is 0 Å². The molecule has 9 nitrogen and oxygen atoms in total. The summed E-state index contributed by atoms with van der Waals surface area (Å²) in [5, 5.41) is -0.0260. The Morgan fingerprint density at radius 2 is 1.77 bits per heavy atom. The maximum absolute atomic E-state index is 12.8. The molecule has 1 amide bonds. The highest BCUT2D eigenvalue weighted by atomic mass is 32.2. The van der Waals surface area contributed by atoms with Gasteiger partial charge in [0.15, 0.2) is 5.03 Å². The van der Waals surface area contributed by atoms with Crippen LogP contribution in [-0.2, 0) is 26.1 Å². The summed E-state index contributed by atoms with van der Waals surface area (Å²) in [7, 11) is -3.66. The Morgan fingerprint density at radius 1 is 1.06 bits per heavy atom. The van der Waals surface area contributed by atoms with Gasteiger partial charge in [-0.05, 0) is 31.0 Å². The fraction of sp³-hybridized carbons (Fsp3) is 0.524. The van der Waals surface area contributed by atoms with Crippen LogP contribution >= 0.6 is 0 Å². The molecule has 0 aliphatic carbocycles. The predicted molar refractivity (Wildman–Crippen MR) is 117 cm³/mol. The van der Waals surface area contributed by atoms with Crippen molar-refractivity contribution in [2.24, 2.45) is 0 Å². The number of carbonyl (C=O) groups excluding carboxylic acids is 1. The highest BCUT2D eigenvalue weighted by molar-refractivity contribution is 7.89. The molecule has 0 N–H and O–H groups in total. The molecule has 10 heteroatoms. The van der Waals surface area contributed by atoms with E-state index in [1.807, 2.05) is 4.90 Å². The van der Waals surface area contributed by atoms with Gasteiger partial charge < -0.3 is 19.1 Å². The summed E-state index contributed by atoms with van der Waals surface area (Å²) in [6.07, 6.45) is 2.85. The standard InChI is InChI=1S/C21H29N5O4S/c1-17-4-3-5-19(18(17)2)24-6-8-25(9-7-24)21(27)15-23-14-20(22-16-23)31(28,29)26-10-12-30-13-11-26/h3-5,14,16H,6-13,15H2,1-2H3. The summed E-state index contributed by atoms with van der Waals surface area (Å²) in [5.41, 5.74) is 3.76. The first kappa shape index (κ1) is 21.8. The fourth-order valence-corrected chi connectivity index (χ4v) is 5.35. The molecule has 0 atom stereocenters. The van der Waals surface area contributed by atoms with E-state index in [-0.39, 0.29) is 17.5 Å². The number of anilines is 1. The van der Waals surface area contributed by atoms with Crippen LogP contribution in [0.5, 0.6) is 0 Å². The molecule has 2 fully saturated rings. The zero-order valence-electron chi connectivity index (χ0n) is 18.0. The van der Waals surface area contributed by atoms with Crippen molar-refractivity contribution in [2.45, 2.75) is 25.4 Å². The fourth-order valence-electron chi connectivity index (χ4n) is 4.01. The Labute approximate surface area is 183 Å². The maximum Gasteiger partial charge on any atom is 0.262 e. The minimum Gasteiger partial charge on any atom is -0.379 e. The first-order valence-electron chi connectivity index (χ1n) is 10.5. The molecule has 2 aliphatic rings. The minimum atomic E-state index is -3.66. The van der Waals surface area contributed by atoms with Crippen molar-refractivity contribution in [3.63, 3.8) is 0 Å². The summed E-state index contributed by atoms with van der Waals surface area (Å²) in [6.45, 7) is 8.54. The molecular formula is C21H29N5O4S. The van der Waals surface area contributed by atoms with Gasteiger partial charge in [-0.15, -0.1) is 0 Å². The lowest BCUT2D eigenvalue weighted by Crippen LogP contribution is -2.49. The van der Waals surface area contributed by atoms with Crippen LogP contribution < -0.4 is 4.90 Å². The van der Waals surface area contributed by atoms with E-state index in [2.05, 4.69) is 41.9 Å². The van der Waals surface area contributed by atoms with E-state index in [0.29, 0.717) is 39.4 Å². The van der Waals surface area contributed by atoms with Crippen LogP contribution in [0.15, 0.2) is 35.7 Å². The lowest BCUT2D eigenvalue weighted by Gasteiger charge is -2.37. The lowest BCUT2D eigenvalue weighted by molar-refractivity contribution is -0.132. The first-order valence-corrected chi connectivity index (χ1v) is 12.0. The van der Waals surface area contributed by atoms with Gasteiger partial charge >= 0.3 is 0 Å². The van der Waals surface area contributed by atoms with E-state index in [0.717, 1.165) is 13.1 Å². The van der Waals surface area contributed by atoms with Crippen LogP contribution in [0, 0.1) is 13.8 Å². The number of carbonyl (C=O) groups is 1. The van der Waals surface area contributed by atoms with Gasteiger partial charge in [-0.1, -0.05) is 12.1 Å². The number of hydrogen-bond acceptors (Lipinski definition) is 6. The Balaban J connectivity index is 1.35. The first-order chi connectivity index (χ1) is 14.9. The molecule has 0 unspecified atom stereocenters. The van der Waals surface area contributed by atoms with Crippen LogP contribution in [0.25, 0.3) is 0 Å². The topological polar surface area (TPSA) is 88.0 Å². The van der Waals surface area contributed by atoms with Gasteiger partial charge in [0, 0.05) is 51.2 Å². The molecular weight excluding hydrogens is 418 g/mol. The van der Waals surface area contributed by atoms with Crippen molar-refractivity contribution in [1.82, 2.24) is 18.8 Å². The summed E-state index contributed by atoms with van der Waals surface area (Å²) in [6, 6.07) is 6.30. The number of morpholine rings is 1. The van der Waals surface area contributed by atoms with Crippen LogP contribution in [0.1, 0.15) is 11.1 Å². The average molecular weight is 448 g/mol. The molecule has 0 spiro atoms. The number of imidazole rings is 1. The third-order valence-corrected chi connectivity index (χ3v) is 7.84. The molecule has 0 bridgehead atoms. The molecule has 0 radical (unpaired) electrons. The smallest absolute Gasteiger partial charge is 0.262 e. The van der Waals surface area contributed by atoms with Gasteiger partial charge in [-0.3, -0.25) is 4.79 Å². The number of amides is 1. The molecule has 1 aromatic carbocycles. The zero-order valence-corrected chi connectivity index (χ0v) is 18.8. The van der Waals surface area contributed by atoms with E-state index in [4.69, 9.17) is 4.74 Å². The highest BCUT2D eigenvalue weighted by Gasteiger charge is 2.29. The van der Waals surface area contributed by atoms with Crippen molar-refractivity contribution in [1.29, 1.82) is 0 Å². The number of nitrogens with zero attached hydrogens (tertiary/aromatic N) is 5. The number of aromatic nitrogens is 2. The number of hydrogen-bond donors (Lipinski definition) is 0. The molecule has 4 rings (SSSR count). The molecule has 2 aromatic rings. The summed E-state index contributed by atoms with van der Waals surface area (Å²) < 4.78 is 33.5. The summed E-state index contributed by atoms with van der Waals surface area (Å²) >= 11 is 0. The van der Waals surface area contributed by atoms with Crippen molar-refractivity contribution < 1.29 is 17.9 Å². The van der Waals surface area contributed by atoms with Crippen molar-refractivity contribution in [3.8, 4) is 0 Å². The third-order valence-electron chi connectivity index (χ3n) is 6.05. The molecule has 3 heterocycles. The molecule has 2 saturated heterocycles. The van der Waals surface area contributed by atoms with Crippen LogP contribution in [0.2, 0.25) is 0 Å². The van der Waals surface area contributed by atoms with E-state index in [9.17, 15) is 13.2 Å². The Kier molecular flexibility index (Phi) is 6.31. The largest absolute Gasteiger partial charge is 0.379 e. The summed E-state index contributed by atoms with van der Waals surface area (Å²) in [4.78, 5) is 21.0. The van der Waals surface area contributed by atoms with Gasteiger partial charge in [0.1, 0.15) is 6.54 Å². The van der Waals surface area contributed by atoms with E-state index in [1.54, 1.807) is 4.57 Å². The summed E-state index contributed by atoms with van der Waals surface area (Å²) in [5.74, 6) is -0.0339. The van der Waals surface area contributed by atoms with Gasteiger partial charge in [-0.25, -0.2) is 13.4 Å². The number of sulfonamides is 1. The molecule has 1 aromatic heterocycles. The van der Waals surface area contributed by atoms with Gasteiger partial charge in [0.25, 0.3) is 10.0 Å². The van der Waals surface area contributed by atoms with Gasteiger partial charge in [0.2, 0.25) is 5.91 Å². The molecule has 0 saturated carbocycles. The third kappa shape index (κ3) is 4.60. The van der Waals surface area contributed by atoms with Gasteiger partial charge in [0.05, 0.1) is 19.5 Å². The van der Waals surface area contributed by atoms with Gasteiger partial charge in [-0.2, -0.15) is 4.31 Å². The number of rotatable bonds is 5. The molecule has 31 heavy (non-hydrogen) atoms. The number of piperazine rings is 1. The second-order valence-electron chi connectivity index (χ2n) is 7.99. The van der Waals surface area contributed by atoms with Crippen molar-refractivity contribution in [2.75, 3.05) is 57.4 Å². The Morgan fingerprint density at radius 3 is 2.48 bits per heavy atom. The zero-order chi connectivity index (χ0) is 22.0. The quantitative estimate of drug-likeness (QED) is 0.676. The second kappa shape index (κ2) is 8.97. The highest BCUT2D eigenvalue weighted by Crippen LogP contribution is 2.24. The Hall–Kier alpha value is -2.43. The number of ether oxygens (including phenoxy) is 1. The Bertz CT molecular complexity index is 1040. The maximum atomic E-state index is 12.8.